The van der Waals surface area contributed by atoms with Gasteiger partial charge in [-0.15, -0.1) is 0 Å². The molecule has 1 heteroatoms. The van der Waals surface area contributed by atoms with Crippen molar-refractivity contribution < 1.29 is 29.6 Å². The molecule has 68 valence electrons. The molecule has 0 aliphatic rings. The third-order valence-corrected chi connectivity index (χ3v) is 2.24. The van der Waals surface area contributed by atoms with Gasteiger partial charge in [0.1, 0.15) is 0 Å². The average molecular weight is 203 g/mol. The van der Waals surface area contributed by atoms with Gasteiger partial charge >= 0.3 is 29.6 Å². The second-order valence-corrected chi connectivity index (χ2v) is 3.21. The van der Waals surface area contributed by atoms with Crippen LogP contribution in [0.15, 0.2) is 67.2 Å². The fourth-order valence-electron chi connectivity index (χ4n) is 1.45. The molecule has 0 heterocycles. The zero-order chi connectivity index (χ0) is 9.80. The second kappa shape index (κ2) is 5.92. The predicted molar refractivity (Wildman–Crippen MR) is 61.0 cm³/mol. The summed E-state index contributed by atoms with van der Waals surface area (Å²) in [5, 5.41) is 0. The van der Waals surface area contributed by atoms with Gasteiger partial charge in [0.05, 0.1) is 0 Å². The van der Waals surface area contributed by atoms with Gasteiger partial charge in [-0.2, -0.15) is 0 Å². The minimum atomic E-state index is 0. The molecule has 0 radical (unpaired) electrons. The summed E-state index contributed by atoms with van der Waals surface area (Å²) < 4.78 is 0. The van der Waals surface area contributed by atoms with Crippen LogP contribution in [-0.4, -0.2) is 0 Å². The molecule has 0 atom stereocenters. The summed E-state index contributed by atoms with van der Waals surface area (Å²) in [6, 6.07) is 20.5. The summed E-state index contributed by atoms with van der Waals surface area (Å²) in [6.45, 7) is 4.10. The fourth-order valence-corrected chi connectivity index (χ4v) is 1.45. The first-order valence-electron chi connectivity index (χ1n) is 4.67. The Morgan fingerprint density at radius 2 is 1.00 bits per heavy atom. The maximum atomic E-state index is 4.10. The third-order valence-electron chi connectivity index (χ3n) is 2.24. The first kappa shape index (κ1) is 12.3. The molecule has 0 amide bonds. The first-order valence-corrected chi connectivity index (χ1v) is 4.67. The van der Waals surface area contributed by atoms with Crippen LogP contribution in [0.4, 0.5) is 0 Å². The van der Waals surface area contributed by atoms with Crippen molar-refractivity contribution in [3.63, 3.8) is 0 Å². The van der Waals surface area contributed by atoms with Crippen molar-refractivity contribution in [2.75, 3.05) is 0 Å². The maximum absolute atomic E-state index is 4.10. The monoisotopic (exact) mass is 203 g/mol. The van der Waals surface area contributed by atoms with Gasteiger partial charge in [-0.1, -0.05) is 67.2 Å². The molecule has 0 fully saturated rings. The van der Waals surface area contributed by atoms with Gasteiger partial charge in [0.15, 0.2) is 0 Å². The molecule has 2 rings (SSSR count). The largest absolute Gasteiger partial charge is 1.00 e. The van der Waals surface area contributed by atoms with Crippen molar-refractivity contribution in [1.29, 1.82) is 0 Å². The van der Waals surface area contributed by atoms with Gasteiger partial charge in [0.2, 0.25) is 0 Å². The smallest absolute Gasteiger partial charge is 0.0906 e. The van der Waals surface area contributed by atoms with Crippen LogP contribution in [0.2, 0.25) is 0 Å². The van der Waals surface area contributed by atoms with Crippen LogP contribution in [0.5, 0.6) is 0 Å². The topological polar surface area (TPSA) is 0 Å². The van der Waals surface area contributed by atoms with Gasteiger partial charge in [-0.25, -0.2) is 0 Å². The van der Waals surface area contributed by atoms with Gasteiger partial charge < -0.3 is 0 Å². The molecular weight excluding hydrogens is 191 g/mol. The molecule has 2 aromatic carbocycles. The third kappa shape index (κ3) is 3.07. The quantitative estimate of drug-likeness (QED) is 0.632. The Morgan fingerprint density at radius 3 is 1.33 bits per heavy atom. The number of benzene rings is 2. The molecule has 15 heavy (non-hydrogen) atoms. The molecule has 0 aliphatic carbocycles. The summed E-state index contributed by atoms with van der Waals surface area (Å²) in [4.78, 5) is 0. The molecule has 2 aromatic rings. The van der Waals surface area contributed by atoms with Gasteiger partial charge in [0, 0.05) is 0 Å². The first-order chi connectivity index (χ1) is 6.88. The van der Waals surface area contributed by atoms with Crippen molar-refractivity contribution in [3.05, 3.63) is 78.4 Å². The van der Waals surface area contributed by atoms with Crippen molar-refractivity contribution >= 4 is 5.57 Å². The van der Waals surface area contributed by atoms with Crippen molar-refractivity contribution in [1.82, 2.24) is 0 Å². The molecule has 0 bridgehead atoms. The maximum Gasteiger partial charge on any atom is 1.00 e. The van der Waals surface area contributed by atoms with E-state index in [-0.39, 0.29) is 29.6 Å². The Kier molecular flexibility index (Phi) is 4.83. The number of hydrogen-bond donors (Lipinski definition) is 0. The minimum absolute atomic E-state index is 0. The normalized spacial score (nSPS) is 9.07. The molecule has 0 aromatic heterocycles. The molecule has 0 saturated heterocycles. The van der Waals surface area contributed by atoms with Crippen molar-refractivity contribution in [2.45, 2.75) is 0 Å². The molecule has 0 aliphatic heterocycles. The minimum Gasteiger partial charge on any atom is -0.0906 e. The molecule has 0 saturated carbocycles. The Labute approximate surface area is 113 Å². The molecule has 0 spiro atoms. The fraction of sp³-hybridized carbons (Fsp3) is 0. The Balaban J connectivity index is 0.00000112. The summed E-state index contributed by atoms with van der Waals surface area (Å²) >= 11 is 0. The summed E-state index contributed by atoms with van der Waals surface area (Å²) in [7, 11) is 0. The molecule has 0 nitrogen and oxygen atoms in total. The van der Waals surface area contributed by atoms with Crippen LogP contribution in [-0.2, 0) is 0 Å². The average Bonchev–Trinajstić information content (AvgIpc) is 2.30. The Hall–Kier alpha value is -0.820. The van der Waals surface area contributed by atoms with Crippen molar-refractivity contribution in [2.24, 2.45) is 0 Å². The standard InChI is InChI=1S/C14H12.Na/c1-12(13-8-4-2-5-9-13)14-10-6-3-7-11-14;/h2-11H,1H2;/q;+1. The SMILES string of the molecule is C=C(c1ccccc1)c1ccccc1.[Na+]. The van der Waals surface area contributed by atoms with Gasteiger partial charge in [-0.3, -0.25) is 0 Å². The van der Waals surface area contributed by atoms with Crippen LogP contribution in [0.3, 0.4) is 0 Å². The van der Waals surface area contributed by atoms with Gasteiger partial charge in [-0.05, 0) is 16.7 Å². The zero-order valence-electron chi connectivity index (χ0n) is 8.98. The van der Waals surface area contributed by atoms with Crippen molar-refractivity contribution in [3.8, 4) is 0 Å². The van der Waals surface area contributed by atoms with E-state index in [9.17, 15) is 0 Å². The summed E-state index contributed by atoms with van der Waals surface area (Å²) in [6.07, 6.45) is 0. The molecular formula is C14H12Na+. The van der Waals surface area contributed by atoms with Crippen LogP contribution in [0, 0.1) is 0 Å². The number of hydrogen-bond acceptors (Lipinski definition) is 0. The van der Waals surface area contributed by atoms with Crippen LogP contribution < -0.4 is 29.6 Å². The second-order valence-electron chi connectivity index (χ2n) is 3.21. The van der Waals surface area contributed by atoms with E-state index in [2.05, 4.69) is 30.8 Å². The zero-order valence-corrected chi connectivity index (χ0v) is 11.0. The Bertz CT molecular complexity index is 376. The Morgan fingerprint density at radius 1 is 0.667 bits per heavy atom. The summed E-state index contributed by atoms with van der Waals surface area (Å²) in [5.41, 5.74) is 3.43. The summed E-state index contributed by atoms with van der Waals surface area (Å²) in [5.74, 6) is 0. The van der Waals surface area contributed by atoms with Crippen LogP contribution >= 0.6 is 0 Å². The molecule has 0 N–H and O–H groups in total. The van der Waals surface area contributed by atoms with Crippen LogP contribution in [0.1, 0.15) is 11.1 Å². The van der Waals surface area contributed by atoms with E-state index in [1.165, 1.54) is 11.1 Å². The van der Waals surface area contributed by atoms with E-state index in [4.69, 9.17) is 0 Å². The predicted octanol–water partition coefficient (Wildman–Crippen LogP) is 0.752. The van der Waals surface area contributed by atoms with E-state index >= 15 is 0 Å². The van der Waals surface area contributed by atoms with E-state index < -0.39 is 0 Å². The van der Waals surface area contributed by atoms with E-state index in [0.717, 1.165) is 5.57 Å². The van der Waals surface area contributed by atoms with E-state index in [0.29, 0.717) is 0 Å². The molecule has 0 unspecified atom stereocenters. The van der Waals surface area contributed by atoms with E-state index in [1.54, 1.807) is 0 Å². The van der Waals surface area contributed by atoms with Crippen LogP contribution in [0.25, 0.3) is 5.57 Å². The van der Waals surface area contributed by atoms with Gasteiger partial charge in [0.25, 0.3) is 0 Å². The van der Waals surface area contributed by atoms with E-state index in [1.807, 2.05) is 36.4 Å². The number of rotatable bonds is 2.